The number of carboxylic acids is 2. The molecule has 4 atom stereocenters. The minimum atomic E-state index is -1.60. The lowest BCUT2D eigenvalue weighted by Crippen LogP contribution is -2.58. The van der Waals surface area contributed by atoms with Gasteiger partial charge >= 0.3 is 11.9 Å². The molecular weight excluding hydrogens is 450 g/mol. The molecule has 9 N–H and O–H groups in total. The number of fused-ring (bicyclic) bond motifs is 1. The molecule has 1 aromatic heterocycles. The molecule has 2 rings (SSSR count). The number of aromatic nitrogens is 1. The van der Waals surface area contributed by atoms with Crippen LogP contribution in [-0.2, 0) is 30.4 Å². The summed E-state index contributed by atoms with van der Waals surface area (Å²) in [4.78, 5) is 62.7. The van der Waals surface area contributed by atoms with E-state index < -0.39 is 66.9 Å². The van der Waals surface area contributed by atoms with E-state index in [2.05, 4.69) is 15.6 Å². The summed E-state index contributed by atoms with van der Waals surface area (Å²) in [5, 5.41) is 34.9. The van der Waals surface area contributed by atoms with Crippen LogP contribution in [0.25, 0.3) is 10.9 Å². The minimum Gasteiger partial charge on any atom is -0.481 e. The zero-order valence-electron chi connectivity index (χ0n) is 18.3. The van der Waals surface area contributed by atoms with Crippen molar-refractivity contribution in [3.8, 4) is 0 Å². The molecule has 0 spiro atoms. The number of hydrogen-bond acceptors (Lipinski definition) is 7. The van der Waals surface area contributed by atoms with Gasteiger partial charge in [-0.3, -0.25) is 24.0 Å². The first-order valence-corrected chi connectivity index (χ1v) is 10.3. The maximum atomic E-state index is 13.0. The van der Waals surface area contributed by atoms with Crippen LogP contribution < -0.4 is 21.7 Å². The molecule has 2 aromatic rings. The zero-order valence-corrected chi connectivity index (χ0v) is 18.3. The first kappa shape index (κ1) is 26.3. The van der Waals surface area contributed by atoms with Crippen LogP contribution in [0.5, 0.6) is 0 Å². The highest BCUT2D eigenvalue weighted by Gasteiger charge is 2.31. The fourth-order valence-corrected chi connectivity index (χ4v) is 3.16. The third-order valence-electron chi connectivity index (χ3n) is 4.98. The molecular formula is C21H27N5O8. The van der Waals surface area contributed by atoms with E-state index >= 15 is 0 Å². The highest BCUT2D eigenvalue weighted by atomic mass is 16.4. The lowest BCUT2D eigenvalue weighted by Gasteiger charge is -2.24. The number of rotatable bonds is 12. The van der Waals surface area contributed by atoms with E-state index in [0.717, 1.165) is 10.9 Å². The topological polar surface area (TPSA) is 224 Å². The Balaban J connectivity index is 2.28. The number of aliphatic hydroxyl groups is 1. The van der Waals surface area contributed by atoms with E-state index in [-0.39, 0.29) is 6.42 Å². The molecule has 3 amide bonds. The number of benzene rings is 1. The zero-order chi connectivity index (χ0) is 25.4. The molecule has 0 saturated heterocycles. The van der Waals surface area contributed by atoms with Crippen LogP contribution in [0, 0.1) is 0 Å². The normalized spacial score (nSPS) is 14.4. The van der Waals surface area contributed by atoms with Crippen LogP contribution in [0.4, 0.5) is 0 Å². The molecule has 13 heteroatoms. The Morgan fingerprint density at radius 1 is 0.971 bits per heavy atom. The van der Waals surface area contributed by atoms with Crippen LogP contribution in [0.1, 0.15) is 18.9 Å². The highest BCUT2D eigenvalue weighted by Crippen LogP contribution is 2.19. The van der Waals surface area contributed by atoms with Gasteiger partial charge in [0.15, 0.2) is 0 Å². The van der Waals surface area contributed by atoms with Crippen LogP contribution in [0.15, 0.2) is 30.5 Å². The van der Waals surface area contributed by atoms with Crippen LogP contribution in [-0.4, -0.2) is 80.7 Å². The largest absolute Gasteiger partial charge is 0.481 e. The van der Waals surface area contributed by atoms with E-state index in [0.29, 0.717) is 5.56 Å². The van der Waals surface area contributed by atoms with Gasteiger partial charge in [0.1, 0.15) is 24.7 Å². The molecule has 1 heterocycles. The number of aromatic amines is 1. The van der Waals surface area contributed by atoms with Gasteiger partial charge in [-0.05, 0) is 18.6 Å². The summed E-state index contributed by atoms with van der Waals surface area (Å²) < 4.78 is 0. The first-order chi connectivity index (χ1) is 16.0. The molecule has 184 valence electrons. The maximum Gasteiger partial charge on any atom is 0.322 e. The standard InChI is InChI=1S/C21H27N5O8/c1-10(27)18(22)21(34)26-14(6-11-8-23-13-5-3-2-4-12(11)13)20(33)25-15(7-16(28)29)19(32)24-9-17(30)31/h2-5,8,10,14-15,18,23,27H,6-7,9,22H2,1H3,(H,24,32)(H,25,33)(H,26,34)(H,28,29)(H,30,31). The summed E-state index contributed by atoms with van der Waals surface area (Å²) in [6, 6.07) is 2.97. The molecule has 34 heavy (non-hydrogen) atoms. The Labute approximate surface area is 193 Å². The quantitative estimate of drug-likeness (QED) is 0.170. The number of hydrogen-bond donors (Lipinski definition) is 8. The molecule has 0 aliphatic heterocycles. The molecule has 0 aliphatic carbocycles. The number of nitrogens with one attached hydrogen (secondary N) is 4. The number of nitrogens with two attached hydrogens (primary N) is 1. The summed E-state index contributed by atoms with van der Waals surface area (Å²) in [5.74, 6) is -5.52. The summed E-state index contributed by atoms with van der Waals surface area (Å²) in [5.41, 5.74) is 7.08. The summed E-state index contributed by atoms with van der Waals surface area (Å²) in [6.07, 6.45) is -0.443. The predicted molar refractivity (Wildman–Crippen MR) is 118 cm³/mol. The number of amides is 3. The molecule has 0 saturated carbocycles. The van der Waals surface area contributed by atoms with Crippen LogP contribution >= 0.6 is 0 Å². The smallest absolute Gasteiger partial charge is 0.322 e. The van der Waals surface area contributed by atoms with Crippen molar-refractivity contribution in [1.82, 2.24) is 20.9 Å². The molecule has 0 radical (unpaired) electrons. The van der Waals surface area contributed by atoms with E-state index in [4.69, 9.17) is 15.9 Å². The van der Waals surface area contributed by atoms with Gasteiger partial charge in [0.25, 0.3) is 0 Å². The Morgan fingerprint density at radius 3 is 2.24 bits per heavy atom. The van der Waals surface area contributed by atoms with Gasteiger partial charge in [-0.25, -0.2) is 0 Å². The van der Waals surface area contributed by atoms with Crippen molar-refractivity contribution in [3.05, 3.63) is 36.0 Å². The third kappa shape index (κ3) is 7.28. The van der Waals surface area contributed by atoms with Crippen molar-refractivity contribution in [2.75, 3.05) is 6.54 Å². The second-order valence-electron chi connectivity index (χ2n) is 7.66. The van der Waals surface area contributed by atoms with Crippen molar-refractivity contribution < 1.29 is 39.3 Å². The number of para-hydroxylation sites is 1. The van der Waals surface area contributed by atoms with E-state index in [9.17, 15) is 29.1 Å². The summed E-state index contributed by atoms with van der Waals surface area (Å²) >= 11 is 0. The van der Waals surface area contributed by atoms with Gasteiger partial charge in [0, 0.05) is 23.5 Å². The maximum absolute atomic E-state index is 13.0. The average Bonchev–Trinajstić information content (AvgIpc) is 3.18. The highest BCUT2D eigenvalue weighted by molar-refractivity contribution is 5.95. The second-order valence-corrected chi connectivity index (χ2v) is 7.66. The fraction of sp³-hybridized carbons (Fsp3) is 0.381. The average molecular weight is 477 g/mol. The van der Waals surface area contributed by atoms with E-state index in [1.807, 2.05) is 17.4 Å². The Hall–Kier alpha value is -3.97. The Bertz CT molecular complexity index is 1070. The fourth-order valence-electron chi connectivity index (χ4n) is 3.16. The first-order valence-electron chi connectivity index (χ1n) is 10.3. The SMILES string of the molecule is CC(O)C(N)C(=O)NC(Cc1c[nH]c2ccccc12)C(=O)NC(CC(=O)O)C(=O)NCC(=O)O. The lowest BCUT2D eigenvalue weighted by molar-refractivity contribution is -0.141. The molecule has 1 aromatic carbocycles. The van der Waals surface area contributed by atoms with Gasteiger partial charge < -0.3 is 42.0 Å². The van der Waals surface area contributed by atoms with E-state index in [1.165, 1.54) is 6.92 Å². The molecule has 0 aliphatic rings. The Morgan fingerprint density at radius 2 is 1.62 bits per heavy atom. The second kappa shape index (κ2) is 11.8. The van der Waals surface area contributed by atoms with E-state index in [1.54, 1.807) is 18.3 Å². The monoisotopic (exact) mass is 477 g/mol. The van der Waals surface area contributed by atoms with Crippen molar-refractivity contribution in [3.63, 3.8) is 0 Å². The molecule has 0 fully saturated rings. The Kier molecular flexibility index (Phi) is 9.10. The number of carbonyl (C=O) groups is 5. The molecule has 4 unspecified atom stereocenters. The van der Waals surface area contributed by atoms with Gasteiger partial charge in [-0.1, -0.05) is 18.2 Å². The van der Waals surface area contributed by atoms with Gasteiger partial charge in [0.05, 0.1) is 12.5 Å². The number of H-pyrrole nitrogens is 1. The lowest BCUT2D eigenvalue weighted by atomic mass is 10.0. The third-order valence-corrected chi connectivity index (χ3v) is 4.98. The molecule has 0 bridgehead atoms. The minimum absolute atomic E-state index is 0.0509. The number of aliphatic hydroxyl groups excluding tert-OH is 1. The van der Waals surface area contributed by atoms with Gasteiger partial charge in [-0.2, -0.15) is 0 Å². The number of carbonyl (C=O) groups excluding carboxylic acids is 3. The number of carboxylic acid groups (broad SMARTS) is 2. The van der Waals surface area contributed by atoms with Crippen molar-refractivity contribution in [2.45, 2.75) is 44.0 Å². The predicted octanol–water partition coefficient (Wildman–Crippen LogP) is -1.94. The van der Waals surface area contributed by atoms with Crippen molar-refractivity contribution in [2.24, 2.45) is 5.73 Å². The number of aliphatic carboxylic acids is 2. The molecule has 13 nitrogen and oxygen atoms in total. The van der Waals surface area contributed by atoms with Gasteiger partial charge in [0.2, 0.25) is 17.7 Å². The summed E-state index contributed by atoms with van der Waals surface area (Å²) in [7, 11) is 0. The van der Waals surface area contributed by atoms with Crippen LogP contribution in [0.3, 0.4) is 0 Å². The van der Waals surface area contributed by atoms with Gasteiger partial charge in [-0.15, -0.1) is 0 Å². The van der Waals surface area contributed by atoms with Crippen molar-refractivity contribution in [1.29, 1.82) is 0 Å². The van der Waals surface area contributed by atoms with Crippen molar-refractivity contribution >= 4 is 40.6 Å². The van der Waals surface area contributed by atoms with Crippen LogP contribution in [0.2, 0.25) is 0 Å². The summed E-state index contributed by atoms with van der Waals surface area (Å²) in [6.45, 7) is 0.526.